The van der Waals surface area contributed by atoms with Crippen LogP contribution in [0, 0.1) is 5.82 Å². The highest BCUT2D eigenvalue weighted by atomic mass is 32.2. The molecule has 0 saturated heterocycles. The molecule has 0 aliphatic rings. The highest BCUT2D eigenvalue weighted by molar-refractivity contribution is 7.90. The van der Waals surface area contributed by atoms with Crippen LogP contribution in [0.15, 0.2) is 47.5 Å². The molecule has 0 bridgehead atoms. The molecule has 3 rings (SSSR count). The van der Waals surface area contributed by atoms with Gasteiger partial charge < -0.3 is 0 Å². The summed E-state index contributed by atoms with van der Waals surface area (Å²) >= 11 is 0. The smallest absolute Gasteiger partial charge is 0.249 e. The van der Waals surface area contributed by atoms with Gasteiger partial charge in [0, 0.05) is 6.26 Å². The van der Waals surface area contributed by atoms with Gasteiger partial charge in [0.25, 0.3) is 0 Å². The SMILES string of the molecule is CS(=O)(=O)c1ccccc1CC(=O)Nc1nc2ccc(F)cn2n1. The van der Waals surface area contributed by atoms with Crippen LogP contribution in [0.4, 0.5) is 10.3 Å². The Balaban J connectivity index is 1.81. The third-order valence-electron chi connectivity index (χ3n) is 3.27. The molecule has 1 amide bonds. The molecule has 0 unspecified atom stereocenters. The molecular weight excluding hydrogens is 335 g/mol. The Morgan fingerprint density at radius 2 is 2.00 bits per heavy atom. The van der Waals surface area contributed by atoms with Crippen molar-refractivity contribution in [3.05, 3.63) is 54.0 Å². The lowest BCUT2D eigenvalue weighted by Gasteiger charge is -2.07. The number of benzene rings is 1. The van der Waals surface area contributed by atoms with E-state index in [0.29, 0.717) is 11.2 Å². The summed E-state index contributed by atoms with van der Waals surface area (Å²) in [5.41, 5.74) is 0.760. The van der Waals surface area contributed by atoms with Crippen molar-refractivity contribution in [2.45, 2.75) is 11.3 Å². The lowest BCUT2D eigenvalue weighted by atomic mass is 10.1. The van der Waals surface area contributed by atoms with E-state index in [1.54, 1.807) is 18.2 Å². The largest absolute Gasteiger partial charge is 0.293 e. The number of carbonyl (C=O) groups excluding carboxylic acids is 1. The van der Waals surface area contributed by atoms with E-state index in [4.69, 9.17) is 0 Å². The van der Waals surface area contributed by atoms with Crippen LogP contribution in [0.25, 0.3) is 5.65 Å². The third-order valence-corrected chi connectivity index (χ3v) is 4.47. The number of sulfone groups is 1. The van der Waals surface area contributed by atoms with Crippen LogP contribution in [0.3, 0.4) is 0 Å². The second kappa shape index (κ2) is 6.00. The zero-order valence-corrected chi connectivity index (χ0v) is 13.4. The molecule has 0 saturated carbocycles. The number of hydrogen-bond donors (Lipinski definition) is 1. The van der Waals surface area contributed by atoms with Gasteiger partial charge in [-0.05, 0) is 23.8 Å². The maximum Gasteiger partial charge on any atom is 0.249 e. The van der Waals surface area contributed by atoms with Crippen molar-refractivity contribution in [2.24, 2.45) is 0 Å². The second-order valence-electron chi connectivity index (χ2n) is 5.19. The number of fused-ring (bicyclic) bond motifs is 1. The monoisotopic (exact) mass is 348 g/mol. The van der Waals surface area contributed by atoms with E-state index in [1.807, 2.05) is 0 Å². The number of aromatic nitrogens is 3. The fraction of sp³-hybridized carbons (Fsp3) is 0.133. The first-order valence-corrected chi connectivity index (χ1v) is 8.82. The number of halogens is 1. The summed E-state index contributed by atoms with van der Waals surface area (Å²) in [6.07, 6.45) is 2.08. The number of rotatable bonds is 4. The van der Waals surface area contributed by atoms with Crippen LogP contribution < -0.4 is 5.32 Å². The molecule has 7 nitrogen and oxygen atoms in total. The summed E-state index contributed by atoms with van der Waals surface area (Å²) in [7, 11) is -3.43. The first-order chi connectivity index (χ1) is 11.3. The zero-order valence-electron chi connectivity index (χ0n) is 12.6. The second-order valence-corrected chi connectivity index (χ2v) is 7.17. The molecule has 0 radical (unpaired) electrons. The Labute approximate surface area is 137 Å². The Bertz CT molecular complexity index is 1030. The van der Waals surface area contributed by atoms with Crippen molar-refractivity contribution in [3.63, 3.8) is 0 Å². The summed E-state index contributed by atoms with van der Waals surface area (Å²) in [6.45, 7) is 0. The van der Waals surface area contributed by atoms with Crippen LogP contribution in [0.1, 0.15) is 5.56 Å². The van der Waals surface area contributed by atoms with Gasteiger partial charge in [-0.3, -0.25) is 10.1 Å². The van der Waals surface area contributed by atoms with Crippen molar-refractivity contribution in [1.82, 2.24) is 14.6 Å². The topological polar surface area (TPSA) is 93.4 Å². The molecule has 0 aliphatic carbocycles. The minimum Gasteiger partial charge on any atom is -0.293 e. The minimum absolute atomic E-state index is 0.0161. The van der Waals surface area contributed by atoms with Gasteiger partial charge in [0.1, 0.15) is 5.82 Å². The van der Waals surface area contributed by atoms with Crippen LogP contribution in [0.5, 0.6) is 0 Å². The normalized spacial score (nSPS) is 11.6. The highest BCUT2D eigenvalue weighted by Crippen LogP contribution is 2.16. The third kappa shape index (κ3) is 3.40. The molecular formula is C15H13FN4O3S. The Kier molecular flexibility index (Phi) is 4.02. The predicted octanol–water partition coefficient (Wildman–Crippen LogP) is 1.45. The molecule has 0 aliphatic heterocycles. The van der Waals surface area contributed by atoms with Crippen molar-refractivity contribution in [3.8, 4) is 0 Å². The molecule has 3 aromatic rings. The molecule has 0 spiro atoms. The van der Waals surface area contributed by atoms with E-state index in [-0.39, 0.29) is 17.3 Å². The summed E-state index contributed by atoms with van der Waals surface area (Å²) in [4.78, 5) is 16.3. The number of carbonyl (C=O) groups is 1. The van der Waals surface area contributed by atoms with E-state index >= 15 is 0 Å². The summed E-state index contributed by atoms with van der Waals surface area (Å²) in [5, 5.41) is 6.42. The maximum absolute atomic E-state index is 13.1. The molecule has 9 heteroatoms. The van der Waals surface area contributed by atoms with Gasteiger partial charge >= 0.3 is 0 Å². The maximum atomic E-state index is 13.1. The van der Waals surface area contributed by atoms with Gasteiger partial charge in [-0.15, -0.1) is 5.10 Å². The van der Waals surface area contributed by atoms with Gasteiger partial charge in [-0.2, -0.15) is 4.98 Å². The summed E-state index contributed by atoms with van der Waals surface area (Å²) in [5.74, 6) is -0.933. The van der Waals surface area contributed by atoms with E-state index in [2.05, 4.69) is 15.4 Å². The van der Waals surface area contributed by atoms with E-state index < -0.39 is 21.6 Å². The fourth-order valence-corrected chi connectivity index (χ4v) is 3.21. The molecule has 1 aromatic carbocycles. The van der Waals surface area contributed by atoms with Crippen molar-refractivity contribution in [2.75, 3.05) is 11.6 Å². The Hall–Kier alpha value is -2.81. The average Bonchev–Trinajstić information content (AvgIpc) is 2.87. The lowest BCUT2D eigenvalue weighted by molar-refractivity contribution is -0.115. The molecule has 24 heavy (non-hydrogen) atoms. The van der Waals surface area contributed by atoms with Gasteiger partial charge in [-0.25, -0.2) is 17.3 Å². The Morgan fingerprint density at radius 1 is 1.25 bits per heavy atom. The number of nitrogens with one attached hydrogen (secondary N) is 1. The van der Waals surface area contributed by atoms with Gasteiger partial charge in [0.15, 0.2) is 15.5 Å². The van der Waals surface area contributed by atoms with Gasteiger partial charge in [0.05, 0.1) is 17.5 Å². The standard InChI is InChI=1S/C15H13FN4O3S/c1-24(22,23)12-5-3-2-4-10(12)8-14(21)18-15-17-13-7-6-11(16)9-20(13)19-15/h2-7,9H,8H2,1H3,(H,18,19,21). The predicted molar refractivity (Wildman–Crippen MR) is 84.8 cm³/mol. The van der Waals surface area contributed by atoms with Crippen molar-refractivity contribution < 1.29 is 17.6 Å². The molecule has 0 fully saturated rings. The van der Waals surface area contributed by atoms with Crippen molar-refractivity contribution in [1.29, 1.82) is 0 Å². The van der Waals surface area contributed by atoms with Gasteiger partial charge in [0.2, 0.25) is 11.9 Å². The number of pyridine rings is 1. The average molecular weight is 348 g/mol. The molecule has 2 aromatic heterocycles. The van der Waals surface area contributed by atoms with E-state index in [0.717, 1.165) is 12.5 Å². The number of anilines is 1. The van der Waals surface area contributed by atoms with Crippen molar-refractivity contribution >= 4 is 27.3 Å². The quantitative estimate of drug-likeness (QED) is 0.770. The molecule has 1 N–H and O–H groups in total. The van der Waals surface area contributed by atoms with Crippen LogP contribution in [-0.2, 0) is 21.1 Å². The van der Waals surface area contributed by atoms with E-state index in [1.165, 1.54) is 22.7 Å². The zero-order chi connectivity index (χ0) is 17.3. The summed E-state index contributed by atoms with van der Waals surface area (Å²) in [6, 6.07) is 8.93. The van der Waals surface area contributed by atoms with E-state index in [9.17, 15) is 17.6 Å². The van der Waals surface area contributed by atoms with Crippen LogP contribution in [0.2, 0.25) is 0 Å². The molecule has 124 valence electrons. The molecule has 2 heterocycles. The van der Waals surface area contributed by atoms with Crippen LogP contribution >= 0.6 is 0 Å². The van der Waals surface area contributed by atoms with Gasteiger partial charge in [-0.1, -0.05) is 18.2 Å². The highest BCUT2D eigenvalue weighted by Gasteiger charge is 2.16. The molecule has 0 atom stereocenters. The Morgan fingerprint density at radius 3 is 2.75 bits per heavy atom. The first kappa shape index (κ1) is 16.1. The number of hydrogen-bond acceptors (Lipinski definition) is 5. The minimum atomic E-state index is -3.43. The number of amides is 1. The summed E-state index contributed by atoms with van der Waals surface area (Å²) < 4.78 is 37.8. The fourth-order valence-electron chi connectivity index (χ4n) is 2.26. The number of nitrogens with zero attached hydrogens (tertiary/aromatic N) is 3. The lowest BCUT2D eigenvalue weighted by Crippen LogP contribution is -2.17. The van der Waals surface area contributed by atoms with Crippen LogP contribution in [-0.4, -0.2) is 35.2 Å². The first-order valence-electron chi connectivity index (χ1n) is 6.93.